The summed E-state index contributed by atoms with van der Waals surface area (Å²) in [6.07, 6.45) is 11.7. The first-order valence-corrected chi connectivity index (χ1v) is 7.68. The Morgan fingerprint density at radius 3 is 1.86 bits per heavy atom. The van der Waals surface area contributed by atoms with Gasteiger partial charge in [-0.1, -0.05) is 78.0 Å². The van der Waals surface area contributed by atoms with Crippen LogP contribution in [0.25, 0.3) is 0 Å². The zero-order valence-corrected chi connectivity index (χ0v) is 11.7. The number of carbonyl (C=O) groups is 1. The maximum atomic E-state index is 11.6. The van der Waals surface area contributed by atoms with Gasteiger partial charge in [-0.05, 0) is 30.4 Å². The molecule has 0 spiro atoms. The number of nitrogens with two attached hydrogens (primary N) is 1. The summed E-state index contributed by atoms with van der Waals surface area (Å²) in [5.74, 6) is 0.231. The largest absolute Gasteiger partial charge is 0.366 e. The van der Waals surface area contributed by atoms with Crippen LogP contribution in [-0.2, 0) is 0 Å². The van der Waals surface area contributed by atoms with Gasteiger partial charge < -0.3 is 5.73 Å². The van der Waals surface area contributed by atoms with Crippen molar-refractivity contribution < 1.29 is 4.79 Å². The highest BCUT2D eigenvalue weighted by atomic mass is 16.1. The second-order valence-electron chi connectivity index (χ2n) is 5.70. The summed E-state index contributed by atoms with van der Waals surface area (Å²) in [4.78, 5) is 11.6. The van der Waals surface area contributed by atoms with Crippen LogP contribution in [0, 0.1) is 0 Å². The van der Waals surface area contributed by atoms with E-state index in [1.165, 1.54) is 63.4 Å². The van der Waals surface area contributed by atoms with Crippen molar-refractivity contribution in [3.05, 3.63) is 35.4 Å². The Bertz CT molecular complexity index is 404. The number of primary amides is 1. The number of rotatable bonds is 2. The van der Waals surface area contributed by atoms with Gasteiger partial charge in [-0.2, -0.15) is 0 Å². The molecule has 21 heavy (non-hydrogen) atoms. The van der Waals surface area contributed by atoms with Gasteiger partial charge in [0.2, 0.25) is 5.91 Å². The molecule has 1 aliphatic carbocycles. The summed E-state index contributed by atoms with van der Waals surface area (Å²) >= 11 is 0. The van der Waals surface area contributed by atoms with Crippen molar-refractivity contribution in [3.63, 3.8) is 0 Å². The lowest BCUT2D eigenvalue weighted by Gasteiger charge is -2.20. The molecule has 1 aromatic rings. The van der Waals surface area contributed by atoms with Crippen LogP contribution in [-0.4, -0.2) is 5.91 Å². The molecule has 2 nitrogen and oxygen atoms in total. The molecule has 0 atom stereocenters. The number of hydrogen-bond donors (Lipinski definition) is 1. The molecule has 0 unspecified atom stereocenters. The van der Waals surface area contributed by atoms with E-state index in [-0.39, 0.29) is 20.8 Å². The van der Waals surface area contributed by atoms with Crippen LogP contribution in [0.15, 0.2) is 24.3 Å². The van der Waals surface area contributed by atoms with Crippen LogP contribution < -0.4 is 5.73 Å². The first-order valence-electron chi connectivity index (χ1n) is 7.68. The molecular weight excluding hydrogens is 258 g/mol. The summed E-state index contributed by atoms with van der Waals surface area (Å²) < 4.78 is 0. The Hall–Kier alpha value is -1.31. The maximum Gasteiger partial charge on any atom is 0.248 e. The summed E-state index contributed by atoms with van der Waals surface area (Å²) in [6.45, 7) is 0. The van der Waals surface area contributed by atoms with Gasteiger partial charge in [-0.25, -0.2) is 0 Å². The zero-order valence-electron chi connectivity index (χ0n) is 11.7. The van der Waals surface area contributed by atoms with Crippen molar-refractivity contribution in [2.45, 2.75) is 78.6 Å². The van der Waals surface area contributed by atoms with Crippen LogP contribution in [0.4, 0.5) is 0 Å². The first kappa shape index (κ1) is 19.7. The Balaban J connectivity index is 0.00000200. The first-order chi connectivity index (χ1) is 9.29. The lowest BCUT2D eigenvalue weighted by Crippen LogP contribution is -2.15. The van der Waals surface area contributed by atoms with Gasteiger partial charge in [-0.15, -0.1) is 0 Å². The monoisotopic (exact) mass is 291 g/mol. The topological polar surface area (TPSA) is 43.1 Å². The molecule has 0 heterocycles. The van der Waals surface area contributed by atoms with Crippen LogP contribution >= 0.6 is 0 Å². The molecule has 2 N–H and O–H groups in total. The number of hydrogen-bond acceptors (Lipinski definition) is 1. The standard InChI is InChI=1S/C17H25NO.2CH4/c18-17(19)16-13-9-8-12-15(16)14-10-6-4-2-1-3-5-7-11-14;;/h8-9,12-14H,1-7,10-11H2,(H2,18,19);2*1H4. The second-order valence-corrected chi connectivity index (χ2v) is 5.70. The smallest absolute Gasteiger partial charge is 0.248 e. The van der Waals surface area contributed by atoms with Gasteiger partial charge in [0.15, 0.2) is 0 Å². The molecule has 120 valence electrons. The van der Waals surface area contributed by atoms with E-state index in [2.05, 4.69) is 6.07 Å². The van der Waals surface area contributed by atoms with Gasteiger partial charge in [0.25, 0.3) is 0 Å². The van der Waals surface area contributed by atoms with Crippen LogP contribution in [0.2, 0.25) is 0 Å². The molecule has 0 radical (unpaired) electrons. The third-order valence-corrected chi connectivity index (χ3v) is 4.27. The van der Waals surface area contributed by atoms with Crippen LogP contribution in [0.3, 0.4) is 0 Å². The van der Waals surface area contributed by atoms with Crippen molar-refractivity contribution in [3.8, 4) is 0 Å². The van der Waals surface area contributed by atoms with E-state index in [0.29, 0.717) is 5.92 Å². The third-order valence-electron chi connectivity index (χ3n) is 4.27. The van der Waals surface area contributed by atoms with Gasteiger partial charge in [0, 0.05) is 5.56 Å². The summed E-state index contributed by atoms with van der Waals surface area (Å²) in [5.41, 5.74) is 7.41. The number of amides is 1. The van der Waals surface area contributed by atoms with E-state index in [9.17, 15) is 4.79 Å². The molecule has 1 saturated carbocycles. The average molecular weight is 291 g/mol. The maximum absolute atomic E-state index is 11.6. The Morgan fingerprint density at radius 1 is 0.857 bits per heavy atom. The van der Waals surface area contributed by atoms with Gasteiger partial charge in [-0.3, -0.25) is 4.79 Å². The predicted octanol–water partition coefficient (Wildman–Crippen LogP) is 5.67. The van der Waals surface area contributed by atoms with Crippen molar-refractivity contribution in [1.29, 1.82) is 0 Å². The predicted molar refractivity (Wildman–Crippen MR) is 92.7 cm³/mol. The van der Waals surface area contributed by atoms with E-state index < -0.39 is 0 Å². The van der Waals surface area contributed by atoms with Crippen LogP contribution in [0.5, 0.6) is 0 Å². The highest BCUT2D eigenvalue weighted by Crippen LogP contribution is 2.31. The van der Waals surface area contributed by atoms with Gasteiger partial charge in [0.05, 0.1) is 0 Å². The zero-order chi connectivity index (χ0) is 13.5. The van der Waals surface area contributed by atoms with E-state index >= 15 is 0 Å². The normalized spacial score (nSPS) is 17.1. The summed E-state index contributed by atoms with van der Waals surface area (Å²) in [5, 5.41) is 0. The fraction of sp³-hybridized carbons (Fsp3) is 0.632. The molecule has 1 aliphatic rings. The minimum atomic E-state index is -0.285. The lowest BCUT2D eigenvalue weighted by molar-refractivity contribution is 0.0998. The minimum absolute atomic E-state index is 0. The molecule has 1 fully saturated rings. The lowest BCUT2D eigenvalue weighted by atomic mass is 9.84. The average Bonchev–Trinajstić information content (AvgIpc) is 2.44. The van der Waals surface area contributed by atoms with Gasteiger partial charge >= 0.3 is 0 Å². The molecule has 1 amide bonds. The molecule has 0 aromatic heterocycles. The highest BCUT2D eigenvalue weighted by molar-refractivity contribution is 5.94. The number of benzene rings is 1. The fourth-order valence-corrected chi connectivity index (χ4v) is 3.20. The van der Waals surface area contributed by atoms with Crippen molar-refractivity contribution in [2.75, 3.05) is 0 Å². The Kier molecular flexibility index (Phi) is 9.77. The van der Waals surface area contributed by atoms with E-state index in [1.54, 1.807) is 0 Å². The molecule has 0 aliphatic heterocycles. The minimum Gasteiger partial charge on any atom is -0.366 e. The van der Waals surface area contributed by atoms with E-state index in [4.69, 9.17) is 5.73 Å². The molecule has 0 bridgehead atoms. The molecular formula is C19H33NO. The third kappa shape index (κ3) is 5.91. The van der Waals surface area contributed by atoms with E-state index in [1.807, 2.05) is 18.2 Å². The van der Waals surface area contributed by atoms with Crippen molar-refractivity contribution in [1.82, 2.24) is 0 Å². The Labute approximate surface area is 131 Å². The molecule has 1 aromatic carbocycles. The molecule has 0 saturated heterocycles. The summed E-state index contributed by atoms with van der Waals surface area (Å²) in [7, 11) is 0. The van der Waals surface area contributed by atoms with Crippen LogP contribution in [0.1, 0.15) is 94.5 Å². The van der Waals surface area contributed by atoms with Crippen molar-refractivity contribution in [2.24, 2.45) is 5.73 Å². The number of carbonyl (C=O) groups excluding carboxylic acids is 1. The summed E-state index contributed by atoms with van der Waals surface area (Å²) in [6, 6.07) is 7.90. The van der Waals surface area contributed by atoms with E-state index in [0.717, 1.165) is 5.56 Å². The van der Waals surface area contributed by atoms with Crippen molar-refractivity contribution >= 4 is 5.91 Å². The fourth-order valence-electron chi connectivity index (χ4n) is 3.20. The SMILES string of the molecule is C.C.NC(=O)c1ccccc1C1CCCCCCCCC1. The quantitative estimate of drug-likeness (QED) is 0.750. The molecule has 2 heteroatoms. The second kappa shape index (κ2) is 10.4. The van der Waals surface area contributed by atoms with Gasteiger partial charge in [0.1, 0.15) is 0 Å². The Morgan fingerprint density at radius 2 is 1.33 bits per heavy atom. The highest BCUT2D eigenvalue weighted by Gasteiger charge is 2.17. The molecule has 2 rings (SSSR count).